The van der Waals surface area contributed by atoms with Gasteiger partial charge in [-0.05, 0) is 18.8 Å². The molecule has 1 aromatic heterocycles. The molecular weight excluding hydrogens is 202 g/mol. The SMILES string of the molecule is CC(C)CCOCCC(N)c1cnccn1. The molecule has 1 aromatic rings. The Bertz CT molecular complexity index is 277. The molecule has 0 aliphatic rings. The second-order valence-corrected chi connectivity index (χ2v) is 4.32. The third-order valence-electron chi connectivity index (χ3n) is 2.38. The van der Waals surface area contributed by atoms with Gasteiger partial charge in [0.05, 0.1) is 11.7 Å². The van der Waals surface area contributed by atoms with Crippen molar-refractivity contribution in [1.29, 1.82) is 0 Å². The van der Waals surface area contributed by atoms with Crippen molar-refractivity contribution in [2.75, 3.05) is 13.2 Å². The highest BCUT2D eigenvalue weighted by Crippen LogP contribution is 2.09. The van der Waals surface area contributed by atoms with Gasteiger partial charge in [-0.1, -0.05) is 13.8 Å². The number of nitrogens with two attached hydrogens (primary N) is 1. The van der Waals surface area contributed by atoms with Gasteiger partial charge < -0.3 is 10.5 Å². The molecule has 0 bridgehead atoms. The molecular formula is C12H21N3O. The standard InChI is InChI=1S/C12H21N3O/c1-10(2)3-7-16-8-4-11(13)12-9-14-5-6-15-12/h5-6,9-11H,3-4,7-8,13H2,1-2H3. The summed E-state index contributed by atoms with van der Waals surface area (Å²) in [7, 11) is 0. The summed E-state index contributed by atoms with van der Waals surface area (Å²) in [6, 6.07) is -0.0762. The van der Waals surface area contributed by atoms with E-state index < -0.39 is 0 Å². The first-order valence-corrected chi connectivity index (χ1v) is 5.79. The summed E-state index contributed by atoms with van der Waals surface area (Å²) < 4.78 is 5.51. The lowest BCUT2D eigenvalue weighted by Crippen LogP contribution is -2.15. The number of hydrogen-bond donors (Lipinski definition) is 1. The van der Waals surface area contributed by atoms with Crippen molar-refractivity contribution < 1.29 is 4.74 Å². The van der Waals surface area contributed by atoms with Crippen molar-refractivity contribution >= 4 is 0 Å². The Morgan fingerprint density at radius 1 is 1.25 bits per heavy atom. The molecule has 1 rings (SSSR count). The fourth-order valence-corrected chi connectivity index (χ4v) is 1.28. The zero-order valence-corrected chi connectivity index (χ0v) is 10.1. The van der Waals surface area contributed by atoms with Gasteiger partial charge in [-0.15, -0.1) is 0 Å². The highest BCUT2D eigenvalue weighted by molar-refractivity contribution is 5.00. The normalized spacial score (nSPS) is 13.0. The summed E-state index contributed by atoms with van der Waals surface area (Å²) in [5.41, 5.74) is 6.78. The third kappa shape index (κ3) is 5.19. The Balaban J connectivity index is 2.14. The van der Waals surface area contributed by atoms with E-state index in [1.807, 2.05) is 0 Å². The Kier molecular flexibility index (Phi) is 5.96. The summed E-state index contributed by atoms with van der Waals surface area (Å²) in [6.45, 7) is 5.87. The van der Waals surface area contributed by atoms with Crippen LogP contribution in [0.3, 0.4) is 0 Å². The van der Waals surface area contributed by atoms with Crippen molar-refractivity contribution in [3.8, 4) is 0 Å². The van der Waals surface area contributed by atoms with Gasteiger partial charge >= 0.3 is 0 Å². The smallest absolute Gasteiger partial charge is 0.0754 e. The van der Waals surface area contributed by atoms with Crippen molar-refractivity contribution in [2.45, 2.75) is 32.7 Å². The maximum atomic E-state index is 5.95. The molecule has 0 spiro atoms. The second kappa shape index (κ2) is 7.30. The Hall–Kier alpha value is -1.00. The highest BCUT2D eigenvalue weighted by atomic mass is 16.5. The van der Waals surface area contributed by atoms with Crippen molar-refractivity contribution in [3.05, 3.63) is 24.3 Å². The zero-order chi connectivity index (χ0) is 11.8. The van der Waals surface area contributed by atoms with Crippen molar-refractivity contribution in [3.63, 3.8) is 0 Å². The maximum Gasteiger partial charge on any atom is 0.0754 e. The minimum atomic E-state index is -0.0762. The summed E-state index contributed by atoms with van der Waals surface area (Å²) in [6.07, 6.45) is 6.90. The molecule has 0 amide bonds. The molecule has 4 nitrogen and oxygen atoms in total. The lowest BCUT2D eigenvalue weighted by atomic mass is 10.1. The monoisotopic (exact) mass is 223 g/mol. The summed E-state index contributed by atoms with van der Waals surface area (Å²) in [5.74, 6) is 0.689. The van der Waals surface area contributed by atoms with Crippen LogP contribution in [0.5, 0.6) is 0 Å². The van der Waals surface area contributed by atoms with Gasteiger partial charge in [0.15, 0.2) is 0 Å². The van der Waals surface area contributed by atoms with E-state index in [-0.39, 0.29) is 6.04 Å². The van der Waals surface area contributed by atoms with E-state index >= 15 is 0 Å². The number of aromatic nitrogens is 2. The predicted molar refractivity (Wildman–Crippen MR) is 63.9 cm³/mol. The van der Waals surface area contributed by atoms with Crippen LogP contribution in [0.1, 0.15) is 38.4 Å². The van der Waals surface area contributed by atoms with Crippen LogP contribution in [0.4, 0.5) is 0 Å². The van der Waals surface area contributed by atoms with Gasteiger partial charge in [0.2, 0.25) is 0 Å². The first-order chi connectivity index (χ1) is 7.70. The molecule has 0 radical (unpaired) electrons. The quantitative estimate of drug-likeness (QED) is 0.717. The van der Waals surface area contributed by atoms with Crippen LogP contribution < -0.4 is 5.73 Å². The molecule has 2 N–H and O–H groups in total. The third-order valence-corrected chi connectivity index (χ3v) is 2.38. The highest BCUT2D eigenvalue weighted by Gasteiger charge is 2.06. The van der Waals surface area contributed by atoms with E-state index in [0.29, 0.717) is 12.5 Å². The van der Waals surface area contributed by atoms with Crippen LogP contribution >= 0.6 is 0 Å². The maximum absolute atomic E-state index is 5.95. The molecule has 90 valence electrons. The lowest BCUT2D eigenvalue weighted by Gasteiger charge is -2.11. The largest absolute Gasteiger partial charge is 0.381 e. The van der Waals surface area contributed by atoms with Gasteiger partial charge in [-0.25, -0.2) is 0 Å². The van der Waals surface area contributed by atoms with Crippen molar-refractivity contribution in [2.24, 2.45) is 11.7 Å². The van der Waals surface area contributed by atoms with Gasteiger partial charge in [-0.3, -0.25) is 9.97 Å². The zero-order valence-electron chi connectivity index (χ0n) is 10.1. The minimum Gasteiger partial charge on any atom is -0.381 e. The summed E-state index contributed by atoms with van der Waals surface area (Å²) in [5, 5.41) is 0. The molecule has 16 heavy (non-hydrogen) atoms. The first-order valence-electron chi connectivity index (χ1n) is 5.79. The number of rotatable bonds is 7. The number of hydrogen-bond acceptors (Lipinski definition) is 4. The van der Waals surface area contributed by atoms with E-state index in [1.165, 1.54) is 0 Å². The Morgan fingerprint density at radius 3 is 2.62 bits per heavy atom. The number of ether oxygens (including phenoxy) is 1. The fraction of sp³-hybridized carbons (Fsp3) is 0.667. The van der Waals surface area contributed by atoms with Gasteiger partial charge in [0, 0.05) is 31.8 Å². The van der Waals surface area contributed by atoms with E-state index in [4.69, 9.17) is 10.5 Å². The number of nitrogens with zero attached hydrogens (tertiary/aromatic N) is 2. The van der Waals surface area contributed by atoms with Crippen LogP contribution in [0.2, 0.25) is 0 Å². The average Bonchev–Trinajstić information content (AvgIpc) is 2.29. The molecule has 1 unspecified atom stereocenters. The van der Waals surface area contributed by atoms with Crippen molar-refractivity contribution in [1.82, 2.24) is 9.97 Å². The van der Waals surface area contributed by atoms with E-state index in [9.17, 15) is 0 Å². The van der Waals surface area contributed by atoms with Gasteiger partial charge in [0.1, 0.15) is 0 Å². The molecule has 0 fully saturated rings. The molecule has 0 saturated heterocycles. The molecule has 0 aliphatic carbocycles. The van der Waals surface area contributed by atoms with Gasteiger partial charge in [-0.2, -0.15) is 0 Å². The van der Waals surface area contributed by atoms with E-state index in [1.54, 1.807) is 18.6 Å². The molecule has 0 aromatic carbocycles. The lowest BCUT2D eigenvalue weighted by molar-refractivity contribution is 0.117. The fourth-order valence-electron chi connectivity index (χ4n) is 1.28. The van der Waals surface area contributed by atoms with Crippen LogP contribution in [0.15, 0.2) is 18.6 Å². The first kappa shape index (κ1) is 13.1. The summed E-state index contributed by atoms with van der Waals surface area (Å²) in [4.78, 5) is 8.15. The second-order valence-electron chi connectivity index (χ2n) is 4.32. The van der Waals surface area contributed by atoms with Gasteiger partial charge in [0.25, 0.3) is 0 Å². The molecule has 0 aliphatic heterocycles. The Morgan fingerprint density at radius 2 is 2.00 bits per heavy atom. The van der Waals surface area contributed by atoms with Crippen LogP contribution in [0, 0.1) is 5.92 Å². The van der Waals surface area contributed by atoms with Crippen LogP contribution in [0.25, 0.3) is 0 Å². The molecule has 4 heteroatoms. The van der Waals surface area contributed by atoms with E-state index in [0.717, 1.165) is 25.1 Å². The van der Waals surface area contributed by atoms with Crippen LogP contribution in [-0.2, 0) is 4.74 Å². The molecule has 1 heterocycles. The topological polar surface area (TPSA) is 61.0 Å². The van der Waals surface area contributed by atoms with Crippen LogP contribution in [-0.4, -0.2) is 23.2 Å². The minimum absolute atomic E-state index is 0.0762. The average molecular weight is 223 g/mol. The summed E-state index contributed by atoms with van der Waals surface area (Å²) >= 11 is 0. The van der Waals surface area contributed by atoms with E-state index in [2.05, 4.69) is 23.8 Å². The molecule has 1 atom stereocenters. The Labute approximate surface area is 97.2 Å². The predicted octanol–water partition coefficient (Wildman–Crippen LogP) is 1.93. The molecule has 0 saturated carbocycles.